The van der Waals surface area contributed by atoms with E-state index in [9.17, 15) is 24.3 Å². The molecule has 0 aromatic heterocycles. The maximum atomic E-state index is 13.3. The second-order valence-electron chi connectivity index (χ2n) is 11.6. The van der Waals surface area contributed by atoms with Gasteiger partial charge in [0.05, 0.1) is 18.0 Å². The fourth-order valence-corrected chi connectivity index (χ4v) is 8.82. The van der Waals surface area contributed by atoms with E-state index in [1.54, 1.807) is 0 Å². The third kappa shape index (κ3) is 4.62. The van der Waals surface area contributed by atoms with Gasteiger partial charge in [-0.3, -0.25) is 14.4 Å². The van der Waals surface area contributed by atoms with E-state index in [4.69, 9.17) is 11.5 Å². The van der Waals surface area contributed by atoms with Gasteiger partial charge in [-0.2, -0.15) is 0 Å². The molecule has 1 saturated carbocycles. The predicted molar refractivity (Wildman–Crippen MR) is 139 cm³/mol. The van der Waals surface area contributed by atoms with Crippen LogP contribution in [0, 0.1) is 29.6 Å². The molecule has 4 fully saturated rings. The summed E-state index contributed by atoms with van der Waals surface area (Å²) in [6.45, 7) is 6.21. The first-order valence-electron chi connectivity index (χ1n) is 13.6. The molecule has 5 rings (SSSR count). The lowest BCUT2D eigenvalue weighted by atomic mass is 9.73. The van der Waals surface area contributed by atoms with Gasteiger partial charge >= 0.3 is 5.97 Å². The van der Waals surface area contributed by atoms with E-state index in [-0.39, 0.29) is 83.8 Å². The number of nitrogens with two attached hydrogens (primary N) is 2. The van der Waals surface area contributed by atoms with Gasteiger partial charge in [0.15, 0.2) is 0 Å². The first-order valence-corrected chi connectivity index (χ1v) is 14.5. The van der Waals surface area contributed by atoms with Gasteiger partial charge in [-0.05, 0) is 43.6 Å². The number of fused-ring (bicyclic) bond motifs is 3. The number of Topliss-reactive ketones (excluding diaryl/α,β-unsaturated/α-hetero) is 1. The highest BCUT2D eigenvalue weighted by molar-refractivity contribution is 8.03. The van der Waals surface area contributed by atoms with Crippen LogP contribution in [0.15, 0.2) is 10.6 Å². The van der Waals surface area contributed by atoms with Crippen molar-refractivity contribution >= 4 is 35.3 Å². The third-order valence-corrected chi connectivity index (χ3v) is 10.8. The molecule has 4 heterocycles. The van der Waals surface area contributed by atoms with E-state index in [0.29, 0.717) is 29.7 Å². The zero-order valence-electron chi connectivity index (χ0n) is 21.6. The number of amides is 2. The van der Waals surface area contributed by atoms with Gasteiger partial charge in [0.1, 0.15) is 11.5 Å². The molecule has 0 radical (unpaired) electrons. The number of rotatable bonds is 9. The summed E-state index contributed by atoms with van der Waals surface area (Å²) in [4.78, 5) is 54.9. The third-order valence-electron chi connectivity index (χ3n) is 9.28. The van der Waals surface area contributed by atoms with Gasteiger partial charge in [0.2, 0.25) is 11.8 Å². The van der Waals surface area contributed by atoms with E-state index in [0.717, 1.165) is 25.9 Å². The number of hydrogen-bond acceptors (Lipinski definition) is 8. The summed E-state index contributed by atoms with van der Waals surface area (Å²) in [6.07, 6.45) is 3.36. The van der Waals surface area contributed by atoms with E-state index < -0.39 is 5.97 Å². The number of carboxylic acid groups (broad SMARTS) is 1. The van der Waals surface area contributed by atoms with Crippen LogP contribution in [-0.2, 0) is 19.2 Å². The van der Waals surface area contributed by atoms with E-state index in [1.807, 2.05) is 18.7 Å². The predicted octanol–water partition coefficient (Wildman–Crippen LogP) is 0.363. The summed E-state index contributed by atoms with van der Waals surface area (Å²) >= 11 is 1.49. The summed E-state index contributed by atoms with van der Waals surface area (Å²) < 4.78 is 0. The molecule has 11 heteroatoms. The number of thioether (sulfide) groups is 1. The molecule has 0 spiro atoms. The molecule has 2 bridgehead atoms. The van der Waals surface area contributed by atoms with Crippen molar-refractivity contribution < 1.29 is 24.3 Å². The van der Waals surface area contributed by atoms with Crippen molar-refractivity contribution in [3.05, 3.63) is 10.6 Å². The summed E-state index contributed by atoms with van der Waals surface area (Å²) in [6, 6.07) is -0.328. The van der Waals surface area contributed by atoms with Crippen molar-refractivity contribution in [3.63, 3.8) is 0 Å². The smallest absolute Gasteiger partial charge is 0.353 e. The molecule has 0 aromatic rings. The number of nitrogens with zero attached hydrogens (tertiary/aromatic N) is 2. The number of carbonyl (C=O) groups excluding carboxylic acids is 3. The lowest BCUT2D eigenvalue weighted by molar-refractivity contribution is -0.160. The minimum Gasteiger partial charge on any atom is -0.477 e. The average molecular weight is 534 g/mol. The molecule has 5 aliphatic rings. The Morgan fingerprint density at radius 2 is 1.89 bits per heavy atom. The topological polar surface area (TPSA) is 159 Å². The van der Waals surface area contributed by atoms with Gasteiger partial charge in [-0.25, -0.2) is 4.79 Å². The monoisotopic (exact) mass is 533 g/mol. The van der Waals surface area contributed by atoms with Crippen LogP contribution in [0.2, 0.25) is 0 Å². The summed E-state index contributed by atoms with van der Waals surface area (Å²) in [7, 11) is 0. The Labute approximate surface area is 221 Å². The minimum atomic E-state index is -1.10. The van der Waals surface area contributed by atoms with E-state index in [1.165, 1.54) is 16.7 Å². The van der Waals surface area contributed by atoms with Crippen molar-refractivity contribution in [3.8, 4) is 0 Å². The van der Waals surface area contributed by atoms with Crippen LogP contribution in [-0.4, -0.2) is 88.0 Å². The number of ketones is 1. The Morgan fingerprint density at radius 3 is 2.51 bits per heavy atom. The standard InChI is InChI=1S/C26H39N5O5S/c1-12(7-16(32)5-6-27)19-21-13(2)23(22(26(35)36)31(21)25(19)34)37-17-8-18(29-9-17)24(33)30-10-14-3-4-15(11-30)20(14)28/h12-15,17-21,29H,3-11,27-28H2,1-2H3,(H,35,36)/t12-,13+,14-,15+,17-,18-,19+,20?,21+/m0/s1. The van der Waals surface area contributed by atoms with Crippen molar-refractivity contribution in [2.24, 2.45) is 41.1 Å². The van der Waals surface area contributed by atoms with E-state index in [2.05, 4.69) is 5.32 Å². The number of carbonyl (C=O) groups is 4. The van der Waals surface area contributed by atoms with Crippen LogP contribution in [0.4, 0.5) is 0 Å². The zero-order chi connectivity index (χ0) is 26.6. The van der Waals surface area contributed by atoms with E-state index >= 15 is 0 Å². The normalized spacial score (nSPS) is 37.6. The molecule has 1 aliphatic carbocycles. The number of β-lactam (4-membered cyclic amide) rings is 1. The number of carboxylic acids is 1. The molecule has 2 amide bonds. The molecule has 3 saturated heterocycles. The van der Waals surface area contributed by atoms with Crippen LogP contribution in [0.5, 0.6) is 0 Å². The largest absolute Gasteiger partial charge is 0.477 e. The average Bonchev–Trinajstić information content (AvgIpc) is 3.44. The van der Waals surface area contributed by atoms with Gasteiger partial charge in [-0.1, -0.05) is 13.8 Å². The number of aliphatic carboxylic acids is 1. The van der Waals surface area contributed by atoms with Gasteiger partial charge in [0, 0.05) is 54.6 Å². The van der Waals surface area contributed by atoms with Crippen molar-refractivity contribution in [2.45, 2.75) is 69.3 Å². The minimum absolute atomic E-state index is 0.0318. The van der Waals surface area contributed by atoms with Crippen molar-refractivity contribution in [2.75, 3.05) is 26.2 Å². The molecule has 37 heavy (non-hydrogen) atoms. The van der Waals surface area contributed by atoms with Crippen molar-refractivity contribution in [1.82, 2.24) is 15.1 Å². The van der Waals surface area contributed by atoms with Crippen LogP contribution in [0.25, 0.3) is 0 Å². The lowest BCUT2D eigenvalue weighted by Gasteiger charge is -2.47. The maximum absolute atomic E-state index is 13.3. The first-order chi connectivity index (χ1) is 17.6. The zero-order valence-corrected chi connectivity index (χ0v) is 22.4. The number of hydrogen-bond donors (Lipinski definition) is 4. The quantitative estimate of drug-likeness (QED) is 0.307. The van der Waals surface area contributed by atoms with Crippen LogP contribution in [0.1, 0.15) is 46.0 Å². The fraction of sp³-hybridized carbons (Fsp3) is 0.769. The molecule has 4 aliphatic heterocycles. The van der Waals surface area contributed by atoms with Crippen LogP contribution >= 0.6 is 11.8 Å². The number of nitrogens with one attached hydrogen (secondary N) is 1. The molecular formula is C26H39N5O5S. The molecule has 10 nitrogen and oxygen atoms in total. The summed E-state index contributed by atoms with van der Waals surface area (Å²) in [5, 5.41) is 13.4. The second-order valence-corrected chi connectivity index (χ2v) is 13.0. The highest BCUT2D eigenvalue weighted by Gasteiger charge is 2.60. The molecule has 1 unspecified atom stereocenters. The highest BCUT2D eigenvalue weighted by Crippen LogP contribution is 2.53. The highest BCUT2D eigenvalue weighted by atomic mass is 32.2. The Kier molecular flexibility index (Phi) is 7.43. The summed E-state index contributed by atoms with van der Waals surface area (Å²) in [5.74, 6) is -1.07. The van der Waals surface area contributed by atoms with Crippen LogP contribution in [0.3, 0.4) is 0 Å². The lowest BCUT2D eigenvalue weighted by Crippen LogP contribution is -2.62. The Balaban J connectivity index is 1.23. The Bertz CT molecular complexity index is 1010. The van der Waals surface area contributed by atoms with Gasteiger partial charge in [-0.15, -0.1) is 11.8 Å². The molecular weight excluding hydrogens is 494 g/mol. The van der Waals surface area contributed by atoms with Crippen molar-refractivity contribution in [1.29, 1.82) is 0 Å². The SMILES string of the molecule is C[C@@H](CC(=O)CCN)[C@H]1C(=O)N2C(C(=O)O)=C(S[C@@H]3CN[C@H](C(=O)N4C[C@H]5CC[C@@H](C4)C5N)C3)[C@H](C)[C@H]12. The van der Waals surface area contributed by atoms with Gasteiger partial charge in [0.25, 0.3) is 0 Å². The first kappa shape index (κ1) is 26.6. The fourth-order valence-electron chi connectivity index (χ4n) is 7.34. The number of piperidine rings is 1. The summed E-state index contributed by atoms with van der Waals surface area (Å²) in [5.41, 5.74) is 11.9. The molecule has 0 aromatic carbocycles. The second kappa shape index (κ2) is 10.3. The van der Waals surface area contributed by atoms with Crippen LogP contribution < -0.4 is 16.8 Å². The van der Waals surface area contributed by atoms with Gasteiger partial charge < -0.3 is 31.7 Å². The molecule has 204 valence electrons. The Morgan fingerprint density at radius 1 is 1.22 bits per heavy atom. The molecule has 6 N–H and O–H groups in total. The maximum Gasteiger partial charge on any atom is 0.353 e. The number of likely N-dealkylation sites (tertiary alicyclic amines) is 1. The molecule has 9 atom stereocenters. The Hall–Kier alpha value is -1.95.